The first-order valence-electron chi connectivity index (χ1n) is 4.46. The van der Waals surface area contributed by atoms with E-state index in [0.29, 0.717) is 0 Å². The maximum absolute atomic E-state index is 13.4. The summed E-state index contributed by atoms with van der Waals surface area (Å²) in [6.45, 7) is 0. The van der Waals surface area contributed by atoms with E-state index < -0.39 is 57.1 Å². The van der Waals surface area contributed by atoms with Crippen molar-refractivity contribution in [2.45, 2.75) is 0 Å². The fourth-order valence-corrected chi connectivity index (χ4v) is 1.55. The van der Waals surface area contributed by atoms with E-state index in [9.17, 15) is 26.3 Å². The summed E-state index contributed by atoms with van der Waals surface area (Å²) < 4.78 is 79.9. The maximum Gasteiger partial charge on any atom is 0.185 e. The van der Waals surface area contributed by atoms with E-state index in [0.717, 1.165) is 0 Å². The van der Waals surface area contributed by atoms with Gasteiger partial charge in [0.15, 0.2) is 34.9 Å². The molecule has 0 radical (unpaired) electrons. The van der Waals surface area contributed by atoms with E-state index >= 15 is 0 Å². The van der Waals surface area contributed by atoms with Crippen molar-refractivity contribution >= 4 is 22.1 Å². The summed E-state index contributed by atoms with van der Waals surface area (Å²) in [6, 6.07) is 0. The fraction of sp³-hybridized carbons (Fsp3) is 0. The molecule has 2 nitrogen and oxygen atoms in total. The van der Waals surface area contributed by atoms with Gasteiger partial charge in [-0.25, -0.2) is 26.3 Å². The molecule has 0 saturated heterocycles. The summed E-state index contributed by atoms with van der Waals surface area (Å²) in [4.78, 5) is 0. The van der Waals surface area contributed by atoms with Crippen LogP contribution in [0.2, 0.25) is 0 Å². The predicted molar refractivity (Wildman–Crippen MR) is 52.5 cm³/mol. The van der Waals surface area contributed by atoms with Gasteiger partial charge < -0.3 is 11.5 Å². The smallest absolute Gasteiger partial charge is 0.185 e. The Bertz CT molecular complexity index is 569. The molecule has 18 heavy (non-hydrogen) atoms. The van der Waals surface area contributed by atoms with Crippen LogP contribution in [0.1, 0.15) is 0 Å². The number of hydrogen-bond donors (Lipinski definition) is 2. The van der Waals surface area contributed by atoms with Crippen molar-refractivity contribution in [3.05, 3.63) is 34.9 Å². The standard InChI is InChI=1S/C10H4F6N2/c11-3-1-2(6(14)10(18)7(3)15)4(12)8(16)9(17)5(1)13/h17-18H2. The van der Waals surface area contributed by atoms with Gasteiger partial charge in [0.05, 0.1) is 10.8 Å². The number of nitrogen functional groups attached to an aromatic ring is 2. The van der Waals surface area contributed by atoms with Crippen LogP contribution in [0.25, 0.3) is 10.8 Å². The van der Waals surface area contributed by atoms with E-state index in [-0.39, 0.29) is 0 Å². The van der Waals surface area contributed by atoms with Gasteiger partial charge in [-0.2, -0.15) is 0 Å². The minimum atomic E-state index is -1.94. The van der Waals surface area contributed by atoms with Gasteiger partial charge in [0.25, 0.3) is 0 Å². The normalized spacial score (nSPS) is 11.2. The molecule has 0 aromatic heterocycles. The Balaban J connectivity index is 3.22. The molecule has 0 heterocycles. The molecule has 0 bridgehead atoms. The van der Waals surface area contributed by atoms with E-state index in [1.807, 2.05) is 0 Å². The van der Waals surface area contributed by atoms with E-state index in [4.69, 9.17) is 11.5 Å². The summed E-state index contributed by atoms with van der Waals surface area (Å²) in [5.74, 6) is -11.3. The Kier molecular flexibility index (Phi) is 2.53. The van der Waals surface area contributed by atoms with Gasteiger partial charge in [-0.15, -0.1) is 0 Å². The lowest BCUT2D eigenvalue weighted by Gasteiger charge is -2.10. The number of nitrogens with two attached hydrogens (primary N) is 2. The average Bonchev–Trinajstić information content (AvgIpc) is 2.35. The largest absolute Gasteiger partial charge is 0.394 e. The van der Waals surface area contributed by atoms with Crippen LogP contribution < -0.4 is 11.5 Å². The molecule has 4 N–H and O–H groups in total. The van der Waals surface area contributed by atoms with Crippen LogP contribution in [-0.4, -0.2) is 0 Å². The highest BCUT2D eigenvalue weighted by Gasteiger charge is 2.28. The molecule has 0 unspecified atom stereocenters. The highest BCUT2D eigenvalue weighted by molar-refractivity contribution is 5.91. The first-order valence-corrected chi connectivity index (χ1v) is 4.46. The third-order valence-corrected chi connectivity index (χ3v) is 2.46. The van der Waals surface area contributed by atoms with Crippen LogP contribution in [0.15, 0.2) is 0 Å². The number of hydrogen-bond acceptors (Lipinski definition) is 2. The average molecular weight is 266 g/mol. The van der Waals surface area contributed by atoms with E-state index in [1.54, 1.807) is 0 Å². The van der Waals surface area contributed by atoms with Crippen molar-refractivity contribution in [1.29, 1.82) is 0 Å². The third-order valence-electron chi connectivity index (χ3n) is 2.46. The Morgan fingerprint density at radius 3 is 1.00 bits per heavy atom. The predicted octanol–water partition coefficient (Wildman–Crippen LogP) is 2.84. The van der Waals surface area contributed by atoms with Gasteiger partial charge in [0.1, 0.15) is 11.4 Å². The summed E-state index contributed by atoms with van der Waals surface area (Å²) in [7, 11) is 0. The Morgan fingerprint density at radius 2 is 0.722 bits per heavy atom. The molecule has 2 aromatic carbocycles. The van der Waals surface area contributed by atoms with Crippen LogP contribution in [-0.2, 0) is 0 Å². The van der Waals surface area contributed by atoms with E-state index in [1.165, 1.54) is 0 Å². The summed E-state index contributed by atoms with van der Waals surface area (Å²) >= 11 is 0. The van der Waals surface area contributed by atoms with Crippen molar-refractivity contribution in [2.24, 2.45) is 0 Å². The van der Waals surface area contributed by atoms with Crippen molar-refractivity contribution in [3.63, 3.8) is 0 Å². The number of benzene rings is 2. The third kappa shape index (κ3) is 1.31. The molecule has 0 aliphatic carbocycles. The zero-order valence-corrected chi connectivity index (χ0v) is 8.42. The molecule has 0 fully saturated rings. The minimum Gasteiger partial charge on any atom is -0.394 e. The van der Waals surface area contributed by atoms with Crippen molar-refractivity contribution in [1.82, 2.24) is 0 Å². The lowest BCUT2D eigenvalue weighted by Crippen LogP contribution is -2.08. The monoisotopic (exact) mass is 266 g/mol. The molecule has 0 atom stereocenters. The van der Waals surface area contributed by atoms with Crippen LogP contribution in [0.5, 0.6) is 0 Å². The molecule has 2 rings (SSSR count). The molecular weight excluding hydrogens is 262 g/mol. The maximum atomic E-state index is 13.4. The van der Waals surface area contributed by atoms with Crippen LogP contribution >= 0.6 is 0 Å². The van der Waals surface area contributed by atoms with Gasteiger partial charge in [-0.1, -0.05) is 0 Å². The van der Waals surface area contributed by atoms with Crippen LogP contribution in [0.4, 0.5) is 37.7 Å². The molecule has 96 valence electrons. The minimum absolute atomic E-state index is 1.37. The zero-order chi connectivity index (χ0) is 13.8. The Hall–Kier alpha value is -2.12. The van der Waals surface area contributed by atoms with Gasteiger partial charge in [-0.3, -0.25) is 0 Å². The SMILES string of the molecule is Nc1c(F)c(F)c2c(F)c(N)c(F)c(F)c2c1F. The number of halogens is 6. The molecule has 0 spiro atoms. The summed E-state index contributed by atoms with van der Waals surface area (Å²) in [5, 5.41) is -2.84. The van der Waals surface area contributed by atoms with Gasteiger partial charge in [0.2, 0.25) is 0 Å². The highest BCUT2D eigenvalue weighted by Crippen LogP contribution is 2.36. The molecular formula is C10H4F6N2. The highest BCUT2D eigenvalue weighted by atomic mass is 19.2. The molecule has 2 aromatic rings. The second-order valence-electron chi connectivity index (χ2n) is 3.46. The van der Waals surface area contributed by atoms with Gasteiger partial charge >= 0.3 is 0 Å². The van der Waals surface area contributed by atoms with Crippen molar-refractivity contribution < 1.29 is 26.3 Å². The lowest BCUT2D eigenvalue weighted by atomic mass is 10.0. The molecule has 0 aliphatic heterocycles. The topological polar surface area (TPSA) is 52.0 Å². The Morgan fingerprint density at radius 1 is 0.444 bits per heavy atom. The van der Waals surface area contributed by atoms with Crippen molar-refractivity contribution in [2.75, 3.05) is 11.5 Å². The lowest BCUT2D eigenvalue weighted by molar-refractivity contribution is 0.488. The summed E-state index contributed by atoms with van der Waals surface area (Å²) in [5.41, 5.74) is 6.90. The van der Waals surface area contributed by atoms with Crippen LogP contribution in [0, 0.1) is 34.9 Å². The fourth-order valence-electron chi connectivity index (χ4n) is 1.55. The van der Waals surface area contributed by atoms with E-state index in [2.05, 4.69) is 0 Å². The quantitative estimate of drug-likeness (QED) is 0.437. The number of anilines is 2. The summed E-state index contributed by atoms with van der Waals surface area (Å²) in [6.07, 6.45) is 0. The van der Waals surface area contributed by atoms with Crippen molar-refractivity contribution in [3.8, 4) is 0 Å². The molecule has 0 saturated carbocycles. The van der Waals surface area contributed by atoms with Gasteiger partial charge in [-0.05, 0) is 0 Å². The molecule has 8 heteroatoms. The number of fused-ring (bicyclic) bond motifs is 1. The first kappa shape index (κ1) is 12.3. The first-order chi connectivity index (χ1) is 8.29. The van der Waals surface area contributed by atoms with Gasteiger partial charge in [0, 0.05) is 0 Å². The zero-order valence-electron chi connectivity index (χ0n) is 8.42. The number of rotatable bonds is 0. The Labute approximate surface area is 95.8 Å². The molecule has 0 amide bonds. The molecule has 0 aliphatic rings. The van der Waals surface area contributed by atoms with Crippen LogP contribution in [0.3, 0.4) is 0 Å². The second kappa shape index (κ2) is 3.69. The second-order valence-corrected chi connectivity index (χ2v) is 3.46.